The van der Waals surface area contributed by atoms with Crippen molar-refractivity contribution in [3.05, 3.63) is 24.0 Å². The van der Waals surface area contributed by atoms with Crippen LogP contribution in [0, 0.1) is 11.8 Å². The van der Waals surface area contributed by atoms with Crippen LogP contribution in [0.2, 0.25) is 0 Å². The third kappa shape index (κ3) is 5.68. The number of anilines is 1. The second-order valence-electron chi connectivity index (χ2n) is 8.01. The molecule has 2 unspecified atom stereocenters. The molecule has 1 aromatic rings. The summed E-state index contributed by atoms with van der Waals surface area (Å²) in [5.74, 6) is -0.0705. The van der Waals surface area contributed by atoms with Crippen molar-refractivity contribution >= 4 is 17.5 Å². The molecule has 0 bridgehead atoms. The average molecular weight is 412 g/mol. The van der Waals surface area contributed by atoms with Crippen LogP contribution in [0.3, 0.4) is 0 Å². The molecule has 2 fully saturated rings. The van der Waals surface area contributed by atoms with Crippen molar-refractivity contribution in [3.8, 4) is 0 Å². The lowest BCUT2D eigenvalue weighted by molar-refractivity contribution is -0.141. The number of carbonyl (C=O) groups is 2. The molecular formula is C20H27F3N4O2. The van der Waals surface area contributed by atoms with Crippen molar-refractivity contribution in [3.63, 3.8) is 0 Å². The van der Waals surface area contributed by atoms with Gasteiger partial charge < -0.3 is 16.0 Å². The van der Waals surface area contributed by atoms with Crippen LogP contribution in [-0.4, -0.2) is 40.8 Å². The Morgan fingerprint density at radius 3 is 2.41 bits per heavy atom. The van der Waals surface area contributed by atoms with Crippen LogP contribution >= 0.6 is 0 Å². The lowest BCUT2D eigenvalue weighted by atomic mass is 9.83. The highest BCUT2D eigenvalue weighted by atomic mass is 19.4. The molecule has 6 nitrogen and oxygen atoms in total. The van der Waals surface area contributed by atoms with Crippen LogP contribution in [0.5, 0.6) is 0 Å². The zero-order valence-electron chi connectivity index (χ0n) is 16.3. The van der Waals surface area contributed by atoms with Crippen molar-refractivity contribution in [1.29, 1.82) is 0 Å². The molecule has 9 heteroatoms. The van der Waals surface area contributed by atoms with Crippen molar-refractivity contribution in [2.75, 3.05) is 18.4 Å². The number of hydrogen-bond acceptors (Lipinski definition) is 4. The van der Waals surface area contributed by atoms with Gasteiger partial charge in [0.1, 0.15) is 5.69 Å². The van der Waals surface area contributed by atoms with Crippen LogP contribution < -0.4 is 11.1 Å². The molecule has 2 atom stereocenters. The van der Waals surface area contributed by atoms with E-state index in [-0.39, 0.29) is 41.8 Å². The van der Waals surface area contributed by atoms with Gasteiger partial charge in [-0.15, -0.1) is 0 Å². The molecule has 0 radical (unpaired) electrons. The molecule has 0 aromatic carbocycles. The first-order valence-corrected chi connectivity index (χ1v) is 10.1. The minimum atomic E-state index is -4.50. The fourth-order valence-electron chi connectivity index (χ4n) is 4.17. The zero-order chi connectivity index (χ0) is 21.0. The van der Waals surface area contributed by atoms with E-state index in [1.165, 1.54) is 6.07 Å². The largest absolute Gasteiger partial charge is 0.433 e. The average Bonchev–Trinajstić information content (AvgIpc) is 2.68. The van der Waals surface area contributed by atoms with Gasteiger partial charge in [0.25, 0.3) is 0 Å². The van der Waals surface area contributed by atoms with Gasteiger partial charge in [0.15, 0.2) is 0 Å². The summed E-state index contributed by atoms with van der Waals surface area (Å²) >= 11 is 0. The van der Waals surface area contributed by atoms with Crippen molar-refractivity contribution < 1.29 is 22.8 Å². The highest BCUT2D eigenvalue weighted by Crippen LogP contribution is 2.29. The number of amides is 2. The van der Waals surface area contributed by atoms with Crippen LogP contribution in [0.4, 0.5) is 18.9 Å². The number of likely N-dealkylation sites (tertiary alicyclic amines) is 1. The molecule has 29 heavy (non-hydrogen) atoms. The SMILES string of the molecule is NC1CCCCC1C(=O)N1CCC(CC(=O)Nc2ccc(C(F)(F)F)nc2)CC1. The van der Waals surface area contributed by atoms with E-state index in [1.54, 1.807) is 0 Å². The Balaban J connectivity index is 1.44. The summed E-state index contributed by atoms with van der Waals surface area (Å²) < 4.78 is 37.6. The number of piperidine rings is 1. The maximum Gasteiger partial charge on any atom is 0.433 e. The van der Waals surface area contributed by atoms with Gasteiger partial charge in [-0.25, -0.2) is 4.98 Å². The molecule has 1 saturated carbocycles. The summed E-state index contributed by atoms with van der Waals surface area (Å²) in [5, 5.41) is 2.59. The Labute approximate surface area is 168 Å². The van der Waals surface area contributed by atoms with Crippen LogP contribution in [0.15, 0.2) is 18.3 Å². The van der Waals surface area contributed by atoms with E-state index in [0.29, 0.717) is 13.1 Å². The summed E-state index contributed by atoms with van der Waals surface area (Å²) in [6, 6.07) is 1.98. The summed E-state index contributed by atoms with van der Waals surface area (Å²) in [5.41, 5.74) is 5.36. The van der Waals surface area contributed by atoms with Crippen molar-refractivity contribution in [2.24, 2.45) is 17.6 Å². The minimum absolute atomic E-state index is 0.0582. The molecule has 160 valence electrons. The molecule has 3 N–H and O–H groups in total. The number of halogens is 3. The standard InChI is InChI=1S/C20H27F3N4O2/c21-20(22,23)17-6-5-14(12-25-17)26-18(28)11-13-7-9-27(10-8-13)19(29)15-3-1-2-4-16(15)24/h5-6,12-13,15-16H,1-4,7-11,24H2,(H,26,28). The summed E-state index contributed by atoms with van der Waals surface area (Å²) in [6.07, 6.45) is 2.10. The van der Waals surface area contributed by atoms with E-state index in [4.69, 9.17) is 5.73 Å². The Kier molecular flexibility index (Phi) is 6.77. The third-order valence-electron chi connectivity index (χ3n) is 5.87. The van der Waals surface area contributed by atoms with Gasteiger partial charge in [-0.3, -0.25) is 9.59 Å². The fourth-order valence-corrected chi connectivity index (χ4v) is 4.17. The van der Waals surface area contributed by atoms with E-state index in [2.05, 4.69) is 10.3 Å². The number of rotatable bonds is 4. The summed E-state index contributed by atoms with van der Waals surface area (Å²) in [6.45, 7) is 1.23. The van der Waals surface area contributed by atoms with Gasteiger partial charge in [0.2, 0.25) is 11.8 Å². The van der Waals surface area contributed by atoms with Gasteiger partial charge in [0.05, 0.1) is 17.8 Å². The number of nitrogens with one attached hydrogen (secondary N) is 1. The number of hydrogen-bond donors (Lipinski definition) is 2. The predicted molar refractivity (Wildman–Crippen MR) is 102 cm³/mol. The highest BCUT2D eigenvalue weighted by molar-refractivity contribution is 5.90. The second kappa shape index (κ2) is 9.11. The fraction of sp³-hybridized carbons (Fsp3) is 0.650. The maximum atomic E-state index is 12.7. The number of aromatic nitrogens is 1. The Morgan fingerprint density at radius 1 is 1.14 bits per heavy atom. The molecule has 1 aromatic heterocycles. The molecule has 0 spiro atoms. The van der Waals surface area contributed by atoms with Crippen LogP contribution in [0.1, 0.15) is 50.6 Å². The molecule has 2 aliphatic rings. The minimum Gasteiger partial charge on any atom is -0.342 e. The molecule has 1 aliphatic heterocycles. The van der Waals surface area contributed by atoms with Crippen molar-refractivity contribution in [1.82, 2.24) is 9.88 Å². The van der Waals surface area contributed by atoms with Gasteiger partial charge in [0, 0.05) is 25.6 Å². The maximum absolute atomic E-state index is 12.7. The van der Waals surface area contributed by atoms with Crippen LogP contribution in [-0.2, 0) is 15.8 Å². The lowest BCUT2D eigenvalue weighted by Crippen LogP contribution is -2.48. The smallest absolute Gasteiger partial charge is 0.342 e. The van der Waals surface area contributed by atoms with E-state index in [1.807, 2.05) is 4.90 Å². The normalized spacial score (nSPS) is 23.7. The topological polar surface area (TPSA) is 88.3 Å². The van der Waals surface area contributed by atoms with Gasteiger partial charge in [-0.05, 0) is 43.7 Å². The van der Waals surface area contributed by atoms with E-state index < -0.39 is 11.9 Å². The summed E-state index contributed by atoms with van der Waals surface area (Å²) in [4.78, 5) is 30.1. The number of pyridine rings is 1. The van der Waals surface area contributed by atoms with Gasteiger partial charge in [-0.2, -0.15) is 13.2 Å². The Bertz CT molecular complexity index is 715. The van der Waals surface area contributed by atoms with E-state index in [9.17, 15) is 22.8 Å². The van der Waals surface area contributed by atoms with Gasteiger partial charge in [-0.1, -0.05) is 12.8 Å². The predicted octanol–water partition coefficient (Wildman–Crippen LogP) is 3.19. The lowest BCUT2D eigenvalue weighted by Gasteiger charge is -2.37. The van der Waals surface area contributed by atoms with Gasteiger partial charge >= 0.3 is 6.18 Å². The monoisotopic (exact) mass is 412 g/mol. The quantitative estimate of drug-likeness (QED) is 0.795. The Hall–Kier alpha value is -2.16. The molecule has 1 saturated heterocycles. The molecule has 1 aliphatic carbocycles. The van der Waals surface area contributed by atoms with Crippen LogP contribution in [0.25, 0.3) is 0 Å². The first-order chi connectivity index (χ1) is 13.7. The first-order valence-electron chi connectivity index (χ1n) is 10.1. The second-order valence-corrected chi connectivity index (χ2v) is 8.01. The third-order valence-corrected chi connectivity index (χ3v) is 5.87. The summed E-state index contributed by atoms with van der Waals surface area (Å²) in [7, 11) is 0. The Morgan fingerprint density at radius 2 is 1.83 bits per heavy atom. The van der Waals surface area contributed by atoms with E-state index in [0.717, 1.165) is 50.8 Å². The molecule has 2 amide bonds. The molecule has 2 heterocycles. The van der Waals surface area contributed by atoms with E-state index >= 15 is 0 Å². The first kappa shape index (κ1) is 21.5. The zero-order valence-corrected chi connectivity index (χ0v) is 16.3. The number of nitrogens with zero attached hydrogens (tertiary/aromatic N) is 2. The molecule has 3 rings (SSSR count). The number of alkyl halides is 3. The van der Waals surface area contributed by atoms with Crippen molar-refractivity contribution in [2.45, 2.75) is 57.2 Å². The highest BCUT2D eigenvalue weighted by Gasteiger charge is 2.34. The molecular weight excluding hydrogens is 385 g/mol. The number of carbonyl (C=O) groups excluding carboxylic acids is 2. The number of nitrogens with two attached hydrogens (primary N) is 1.